The highest BCUT2D eigenvalue weighted by atomic mass is 79.9. The van der Waals surface area contributed by atoms with Crippen LogP contribution >= 0.6 is 27.3 Å². The highest BCUT2D eigenvalue weighted by Gasteiger charge is 2.28. The number of hydrogen-bond donors (Lipinski definition) is 1. The standard InChI is InChI=1S/C27H41BrN4O2S/c1-4-19(3)32(21-9-7-6-8-10-21)16-13-29-26(33)20-11-14-31(15-12-20)27-30-23-17-22(28)24(34-5-2)18-25(23)35-27/h17-21H,4-16H2,1-3H3,(H,29,33). The summed E-state index contributed by atoms with van der Waals surface area (Å²) in [4.78, 5) is 22.8. The number of aromatic nitrogens is 1. The number of benzene rings is 1. The van der Waals surface area contributed by atoms with Crippen molar-refractivity contribution in [2.75, 3.05) is 37.7 Å². The van der Waals surface area contributed by atoms with E-state index >= 15 is 0 Å². The Kier molecular flexibility index (Phi) is 9.70. The van der Waals surface area contributed by atoms with E-state index in [2.05, 4.69) is 51.0 Å². The van der Waals surface area contributed by atoms with Gasteiger partial charge in [-0.2, -0.15) is 0 Å². The molecule has 1 saturated heterocycles. The zero-order valence-corrected chi connectivity index (χ0v) is 23.9. The molecule has 194 valence electrons. The molecule has 0 spiro atoms. The molecule has 1 amide bonds. The summed E-state index contributed by atoms with van der Waals surface area (Å²) >= 11 is 5.30. The van der Waals surface area contributed by atoms with E-state index < -0.39 is 0 Å². The fourth-order valence-electron chi connectivity index (χ4n) is 5.51. The van der Waals surface area contributed by atoms with Crippen LogP contribution in [0.4, 0.5) is 5.13 Å². The number of nitrogens with one attached hydrogen (secondary N) is 1. The van der Waals surface area contributed by atoms with Gasteiger partial charge in [-0.3, -0.25) is 9.69 Å². The van der Waals surface area contributed by atoms with Gasteiger partial charge < -0.3 is 15.0 Å². The molecule has 35 heavy (non-hydrogen) atoms. The SMILES string of the molecule is CCOc1cc2sc(N3CCC(C(=O)NCCN(C(C)CC)C4CCCCC4)CC3)nc2cc1Br. The monoisotopic (exact) mass is 564 g/mol. The third-order valence-electron chi connectivity index (χ3n) is 7.74. The first-order valence-corrected chi connectivity index (χ1v) is 15.1. The molecule has 1 aromatic heterocycles. The van der Waals surface area contributed by atoms with Gasteiger partial charge in [0, 0.05) is 50.2 Å². The van der Waals surface area contributed by atoms with Crippen molar-refractivity contribution in [2.24, 2.45) is 5.92 Å². The second kappa shape index (κ2) is 12.7. The summed E-state index contributed by atoms with van der Waals surface area (Å²) < 4.78 is 7.79. The van der Waals surface area contributed by atoms with Crippen molar-refractivity contribution in [3.05, 3.63) is 16.6 Å². The lowest BCUT2D eigenvalue weighted by molar-refractivity contribution is -0.125. The molecular weight excluding hydrogens is 524 g/mol. The minimum atomic E-state index is 0.103. The van der Waals surface area contributed by atoms with Crippen molar-refractivity contribution in [3.8, 4) is 5.75 Å². The van der Waals surface area contributed by atoms with Crippen molar-refractivity contribution in [1.29, 1.82) is 0 Å². The van der Waals surface area contributed by atoms with Crippen LogP contribution in [0.3, 0.4) is 0 Å². The van der Waals surface area contributed by atoms with Gasteiger partial charge in [0.1, 0.15) is 5.75 Å². The Hall–Kier alpha value is -1.38. The molecule has 2 aliphatic rings. The summed E-state index contributed by atoms with van der Waals surface area (Å²) in [6.45, 7) is 10.7. The fraction of sp³-hybridized carbons (Fsp3) is 0.704. The van der Waals surface area contributed by atoms with Crippen LogP contribution in [0.2, 0.25) is 0 Å². The average Bonchev–Trinajstić information content (AvgIpc) is 3.29. The number of thiazole rings is 1. The molecule has 2 aromatic rings. The molecule has 1 N–H and O–H groups in total. The third kappa shape index (κ3) is 6.69. The normalized spacial score (nSPS) is 18.8. The Morgan fingerprint density at radius 3 is 2.66 bits per heavy atom. The minimum absolute atomic E-state index is 0.103. The number of piperidine rings is 1. The van der Waals surface area contributed by atoms with Crippen LogP contribution in [0.5, 0.6) is 5.75 Å². The number of hydrogen-bond acceptors (Lipinski definition) is 6. The summed E-state index contributed by atoms with van der Waals surface area (Å²) in [5.41, 5.74) is 0.990. The zero-order chi connectivity index (χ0) is 24.8. The van der Waals surface area contributed by atoms with Crippen LogP contribution in [-0.4, -0.2) is 60.7 Å². The van der Waals surface area contributed by atoms with E-state index in [1.165, 1.54) is 38.5 Å². The van der Waals surface area contributed by atoms with Gasteiger partial charge in [-0.15, -0.1) is 0 Å². The lowest BCUT2D eigenvalue weighted by Gasteiger charge is -2.38. The van der Waals surface area contributed by atoms with Gasteiger partial charge in [-0.25, -0.2) is 4.98 Å². The largest absolute Gasteiger partial charge is 0.493 e. The quantitative estimate of drug-likeness (QED) is 0.371. The molecule has 1 atom stereocenters. The van der Waals surface area contributed by atoms with Crippen LogP contribution in [0.15, 0.2) is 16.6 Å². The number of carbonyl (C=O) groups excluding carboxylic acids is 1. The molecule has 0 radical (unpaired) electrons. The van der Waals surface area contributed by atoms with Gasteiger partial charge in [-0.05, 0) is 67.9 Å². The highest BCUT2D eigenvalue weighted by molar-refractivity contribution is 9.10. The summed E-state index contributed by atoms with van der Waals surface area (Å²) in [6.07, 6.45) is 9.63. The second-order valence-corrected chi connectivity index (χ2v) is 11.9. The minimum Gasteiger partial charge on any atom is -0.493 e. The first-order chi connectivity index (χ1) is 17.0. The van der Waals surface area contributed by atoms with E-state index in [4.69, 9.17) is 9.72 Å². The first-order valence-electron chi connectivity index (χ1n) is 13.5. The van der Waals surface area contributed by atoms with E-state index in [1.54, 1.807) is 11.3 Å². The fourth-order valence-corrected chi connectivity index (χ4v) is 6.99. The third-order valence-corrected chi connectivity index (χ3v) is 9.44. The Bertz CT molecular complexity index is 969. The highest BCUT2D eigenvalue weighted by Crippen LogP contribution is 2.37. The molecule has 1 aliphatic carbocycles. The zero-order valence-electron chi connectivity index (χ0n) is 21.5. The molecule has 6 nitrogen and oxygen atoms in total. The van der Waals surface area contributed by atoms with Crippen molar-refractivity contribution < 1.29 is 9.53 Å². The molecule has 4 rings (SSSR count). The lowest BCUT2D eigenvalue weighted by Crippen LogP contribution is -2.47. The number of ether oxygens (including phenoxy) is 1. The molecule has 1 saturated carbocycles. The van der Waals surface area contributed by atoms with E-state index in [0.717, 1.165) is 64.6 Å². The van der Waals surface area contributed by atoms with E-state index in [9.17, 15) is 4.79 Å². The number of amides is 1. The van der Waals surface area contributed by atoms with E-state index in [-0.39, 0.29) is 11.8 Å². The number of carbonyl (C=O) groups is 1. The van der Waals surface area contributed by atoms with Gasteiger partial charge in [-0.1, -0.05) is 37.5 Å². The predicted molar refractivity (Wildman–Crippen MR) is 150 cm³/mol. The number of fused-ring (bicyclic) bond motifs is 1. The average molecular weight is 566 g/mol. The van der Waals surface area contributed by atoms with Gasteiger partial charge in [0.05, 0.1) is 21.3 Å². The predicted octanol–water partition coefficient (Wildman–Crippen LogP) is 6.22. The van der Waals surface area contributed by atoms with Gasteiger partial charge >= 0.3 is 0 Å². The van der Waals surface area contributed by atoms with Crippen LogP contribution in [0, 0.1) is 5.92 Å². The Labute approximate surface area is 222 Å². The van der Waals surface area contributed by atoms with Crippen molar-refractivity contribution in [2.45, 2.75) is 84.2 Å². The van der Waals surface area contributed by atoms with Crippen molar-refractivity contribution in [1.82, 2.24) is 15.2 Å². The summed E-state index contributed by atoms with van der Waals surface area (Å²) in [6, 6.07) is 5.38. The summed E-state index contributed by atoms with van der Waals surface area (Å²) in [5, 5.41) is 4.31. The Balaban J connectivity index is 1.27. The molecule has 1 aromatic carbocycles. The van der Waals surface area contributed by atoms with Crippen LogP contribution < -0.4 is 15.0 Å². The number of anilines is 1. The molecule has 0 bridgehead atoms. The van der Waals surface area contributed by atoms with Crippen LogP contribution in [0.25, 0.3) is 10.2 Å². The molecule has 2 heterocycles. The molecule has 1 unspecified atom stereocenters. The van der Waals surface area contributed by atoms with E-state index in [0.29, 0.717) is 18.7 Å². The van der Waals surface area contributed by atoms with Crippen LogP contribution in [-0.2, 0) is 4.79 Å². The first kappa shape index (κ1) is 26.7. The van der Waals surface area contributed by atoms with Crippen molar-refractivity contribution >= 4 is 48.5 Å². The second-order valence-electron chi connectivity index (χ2n) is 10.0. The van der Waals surface area contributed by atoms with Crippen molar-refractivity contribution in [3.63, 3.8) is 0 Å². The Morgan fingerprint density at radius 2 is 1.97 bits per heavy atom. The maximum absolute atomic E-state index is 12.9. The maximum Gasteiger partial charge on any atom is 0.223 e. The molecule has 2 fully saturated rings. The van der Waals surface area contributed by atoms with E-state index in [1.807, 2.05) is 13.0 Å². The van der Waals surface area contributed by atoms with Crippen LogP contribution in [0.1, 0.15) is 72.1 Å². The molecule has 8 heteroatoms. The van der Waals surface area contributed by atoms with Gasteiger partial charge in [0.2, 0.25) is 5.91 Å². The topological polar surface area (TPSA) is 57.7 Å². The molecular formula is C27H41BrN4O2S. The lowest BCUT2D eigenvalue weighted by atomic mass is 9.93. The van der Waals surface area contributed by atoms with Gasteiger partial charge in [0.25, 0.3) is 0 Å². The number of halogens is 1. The van der Waals surface area contributed by atoms with Gasteiger partial charge in [0.15, 0.2) is 5.13 Å². The smallest absolute Gasteiger partial charge is 0.223 e. The number of rotatable bonds is 10. The number of nitrogens with zero attached hydrogens (tertiary/aromatic N) is 3. The maximum atomic E-state index is 12.9. The Morgan fingerprint density at radius 1 is 1.23 bits per heavy atom. The summed E-state index contributed by atoms with van der Waals surface area (Å²) in [5.74, 6) is 1.19. The summed E-state index contributed by atoms with van der Waals surface area (Å²) in [7, 11) is 0. The molecule has 1 aliphatic heterocycles.